The molecule has 0 aliphatic rings. The normalized spacial score (nSPS) is 11.4. The fourth-order valence-electron chi connectivity index (χ4n) is 1.75. The summed E-state index contributed by atoms with van der Waals surface area (Å²) in [6.07, 6.45) is 0. The fourth-order valence-corrected chi connectivity index (χ4v) is 2.26. The SMILES string of the molecule is COc1cc(O)c(C(=NO)c2ccccc2)cc1Br. The van der Waals surface area contributed by atoms with Crippen LogP contribution in [0.3, 0.4) is 0 Å². The minimum atomic E-state index is -0.0169. The molecule has 0 aliphatic carbocycles. The molecule has 0 atom stereocenters. The van der Waals surface area contributed by atoms with Crippen molar-refractivity contribution in [2.45, 2.75) is 0 Å². The van der Waals surface area contributed by atoms with Crippen LogP contribution in [-0.4, -0.2) is 23.1 Å². The Balaban J connectivity index is 2.55. The van der Waals surface area contributed by atoms with Crippen LogP contribution >= 0.6 is 15.9 Å². The lowest BCUT2D eigenvalue weighted by Crippen LogP contribution is -2.04. The minimum Gasteiger partial charge on any atom is -0.507 e. The molecule has 0 radical (unpaired) electrons. The first-order chi connectivity index (χ1) is 9.17. The van der Waals surface area contributed by atoms with Gasteiger partial charge < -0.3 is 15.1 Å². The van der Waals surface area contributed by atoms with E-state index in [1.807, 2.05) is 18.2 Å². The number of halogens is 1. The van der Waals surface area contributed by atoms with Gasteiger partial charge in [0.15, 0.2) is 0 Å². The van der Waals surface area contributed by atoms with E-state index < -0.39 is 0 Å². The lowest BCUT2D eigenvalue weighted by Gasteiger charge is -2.10. The second-order valence-electron chi connectivity index (χ2n) is 3.82. The third-order valence-electron chi connectivity index (χ3n) is 2.67. The lowest BCUT2D eigenvalue weighted by atomic mass is 10.0. The molecule has 2 rings (SSSR count). The molecule has 19 heavy (non-hydrogen) atoms. The zero-order valence-corrected chi connectivity index (χ0v) is 11.8. The molecule has 0 aliphatic heterocycles. The number of phenolic OH excluding ortho intramolecular Hbond substituents is 1. The van der Waals surface area contributed by atoms with Crippen LogP contribution in [0.2, 0.25) is 0 Å². The van der Waals surface area contributed by atoms with Gasteiger partial charge in [-0.3, -0.25) is 0 Å². The highest BCUT2D eigenvalue weighted by Crippen LogP contribution is 2.33. The molecule has 0 bridgehead atoms. The summed E-state index contributed by atoms with van der Waals surface area (Å²) in [5.41, 5.74) is 1.42. The molecule has 0 saturated carbocycles. The lowest BCUT2D eigenvalue weighted by molar-refractivity contribution is 0.319. The predicted octanol–water partition coefficient (Wildman–Crippen LogP) is 3.39. The maximum absolute atomic E-state index is 10.0. The Morgan fingerprint density at radius 3 is 2.47 bits per heavy atom. The summed E-state index contributed by atoms with van der Waals surface area (Å²) in [5, 5.41) is 22.5. The number of nitrogens with zero attached hydrogens (tertiary/aromatic N) is 1. The first kappa shape index (κ1) is 13.4. The summed E-state index contributed by atoms with van der Waals surface area (Å²) in [5.74, 6) is 0.489. The van der Waals surface area contributed by atoms with E-state index in [2.05, 4.69) is 21.1 Å². The molecule has 0 unspecified atom stereocenters. The largest absolute Gasteiger partial charge is 0.507 e. The molecule has 0 aromatic heterocycles. The summed E-state index contributed by atoms with van der Waals surface area (Å²) in [6.45, 7) is 0. The van der Waals surface area contributed by atoms with E-state index >= 15 is 0 Å². The average molecular weight is 322 g/mol. The summed E-state index contributed by atoms with van der Waals surface area (Å²) < 4.78 is 5.76. The van der Waals surface area contributed by atoms with Crippen molar-refractivity contribution >= 4 is 21.6 Å². The fraction of sp³-hybridized carbons (Fsp3) is 0.0714. The van der Waals surface area contributed by atoms with Crippen LogP contribution in [0.25, 0.3) is 0 Å². The molecule has 2 N–H and O–H groups in total. The van der Waals surface area contributed by atoms with Crippen molar-refractivity contribution in [2.24, 2.45) is 5.16 Å². The Hall–Kier alpha value is -2.01. The number of methoxy groups -OCH3 is 1. The molecular formula is C14H12BrNO3. The minimum absolute atomic E-state index is 0.0169. The quantitative estimate of drug-likeness (QED) is 0.517. The van der Waals surface area contributed by atoms with Gasteiger partial charge in [0.1, 0.15) is 17.2 Å². The van der Waals surface area contributed by atoms with Crippen molar-refractivity contribution in [3.05, 3.63) is 58.1 Å². The van der Waals surface area contributed by atoms with Gasteiger partial charge in [-0.05, 0) is 22.0 Å². The summed E-state index contributed by atoms with van der Waals surface area (Å²) in [6, 6.07) is 12.2. The van der Waals surface area contributed by atoms with Crippen molar-refractivity contribution in [3.63, 3.8) is 0 Å². The molecule has 98 valence electrons. The van der Waals surface area contributed by atoms with Crippen LogP contribution in [0.15, 0.2) is 52.1 Å². The molecule has 2 aromatic carbocycles. The number of ether oxygens (including phenoxy) is 1. The van der Waals surface area contributed by atoms with Crippen molar-refractivity contribution in [3.8, 4) is 11.5 Å². The molecule has 2 aromatic rings. The second-order valence-corrected chi connectivity index (χ2v) is 4.67. The molecule has 0 fully saturated rings. The van der Waals surface area contributed by atoms with E-state index in [0.29, 0.717) is 27.1 Å². The first-order valence-electron chi connectivity index (χ1n) is 5.51. The van der Waals surface area contributed by atoms with E-state index in [1.165, 1.54) is 13.2 Å². The third kappa shape index (κ3) is 2.71. The van der Waals surface area contributed by atoms with Gasteiger partial charge in [0.25, 0.3) is 0 Å². The Labute approximate surface area is 119 Å². The van der Waals surface area contributed by atoms with Crippen molar-refractivity contribution < 1.29 is 15.1 Å². The van der Waals surface area contributed by atoms with Gasteiger partial charge in [-0.1, -0.05) is 35.5 Å². The van der Waals surface area contributed by atoms with Gasteiger partial charge in [-0.15, -0.1) is 0 Å². The van der Waals surface area contributed by atoms with Gasteiger partial charge in [0.2, 0.25) is 0 Å². The van der Waals surface area contributed by atoms with Gasteiger partial charge >= 0.3 is 0 Å². The Kier molecular flexibility index (Phi) is 4.06. The number of aromatic hydroxyl groups is 1. The monoisotopic (exact) mass is 321 g/mol. The average Bonchev–Trinajstić information content (AvgIpc) is 2.44. The predicted molar refractivity (Wildman–Crippen MR) is 76.2 cm³/mol. The molecule has 4 nitrogen and oxygen atoms in total. The van der Waals surface area contributed by atoms with Crippen LogP contribution in [0.1, 0.15) is 11.1 Å². The number of hydrogen-bond acceptors (Lipinski definition) is 4. The van der Waals surface area contributed by atoms with Crippen molar-refractivity contribution in [1.29, 1.82) is 0 Å². The number of oxime groups is 1. The van der Waals surface area contributed by atoms with Crippen molar-refractivity contribution in [1.82, 2.24) is 0 Å². The van der Waals surface area contributed by atoms with Gasteiger partial charge in [-0.2, -0.15) is 0 Å². The van der Waals surface area contributed by atoms with Gasteiger partial charge in [0.05, 0.1) is 11.6 Å². The van der Waals surface area contributed by atoms with Crippen LogP contribution in [-0.2, 0) is 0 Å². The van der Waals surface area contributed by atoms with E-state index in [4.69, 9.17) is 4.74 Å². The molecule has 0 spiro atoms. The molecule has 0 saturated heterocycles. The summed E-state index contributed by atoms with van der Waals surface area (Å²) >= 11 is 3.34. The molecule has 5 heteroatoms. The van der Waals surface area contributed by atoms with Gasteiger partial charge in [-0.25, -0.2) is 0 Å². The molecule has 0 heterocycles. The Morgan fingerprint density at radius 1 is 1.21 bits per heavy atom. The van der Waals surface area contributed by atoms with Crippen LogP contribution < -0.4 is 4.74 Å². The smallest absolute Gasteiger partial charge is 0.136 e. The Morgan fingerprint density at radius 2 is 1.89 bits per heavy atom. The van der Waals surface area contributed by atoms with E-state index in [0.717, 1.165) is 0 Å². The van der Waals surface area contributed by atoms with Crippen molar-refractivity contribution in [2.75, 3.05) is 7.11 Å². The van der Waals surface area contributed by atoms with E-state index in [1.54, 1.807) is 18.2 Å². The highest BCUT2D eigenvalue weighted by Gasteiger charge is 2.15. The standard InChI is InChI=1S/C14H12BrNO3/c1-19-13-8-12(17)10(7-11(13)15)14(16-18)9-5-3-2-4-6-9/h2-8,17-18H,1H3. The number of phenols is 1. The zero-order chi connectivity index (χ0) is 13.8. The highest BCUT2D eigenvalue weighted by molar-refractivity contribution is 9.10. The zero-order valence-electron chi connectivity index (χ0n) is 10.2. The number of rotatable bonds is 3. The Bertz CT molecular complexity index is 612. The maximum Gasteiger partial charge on any atom is 0.136 e. The van der Waals surface area contributed by atoms with Gasteiger partial charge in [0, 0.05) is 17.2 Å². The summed E-state index contributed by atoms with van der Waals surface area (Å²) in [4.78, 5) is 0. The maximum atomic E-state index is 10.0. The van der Waals surface area contributed by atoms with E-state index in [9.17, 15) is 10.3 Å². The van der Waals surface area contributed by atoms with Crippen LogP contribution in [0.4, 0.5) is 0 Å². The van der Waals surface area contributed by atoms with Crippen LogP contribution in [0.5, 0.6) is 11.5 Å². The van der Waals surface area contributed by atoms with Crippen LogP contribution in [0, 0.1) is 0 Å². The molecular weight excluding hydrogens is 310 g/mol. The van der Waals surface area contributed by atoms with E-state index in [-0.39, 0.29) is 5.75 Å². The second kappa shape index (κ2) is 5.75. The molecule has 0 amide bonds. The first-order valence-corrected chi connectivity index (χ1v) is 6.31. The number of hydrogen-bond donors (Lipinski definition) is 2. The third-order valence-corrected chi connectivity index (χ3v) is 3.29. The topological polar surface area (TPSA) is 62.0 Å². The summed E-state index contributed by atoms with van der Waals surface area (Å²) in [7, 11) is 1.51. The number of benzene rings is 2. The highest BCUT2D eigenvalue weighted by atomic mass is 79.9.